The number of ether oxygens (including phenoxy) is 1. The molecule has 4 heteroatoms. The van der Waals surface area contributed by atoms with Gasteiger partial charge in [0.05, 0.1) is 6.42 Å². The lowest BCUT2D eigenvalue weighted by molar-refractivity contribution is -0.138. The van der Waals surface area contributed by atoms with E-state index in [0.29, 0.717) is 6.61 Å². The number of carboxylic acids is 1. The van der Waals surface area contributed by atoms with E-state index in [0.717, 1.165) is 31.7 Å². The van der Waals surface area contributed by atoms with Crippen LogP contribution in [0.3, 0.4) is 0 Å². The van der Waals surface area contributed by atoms with Gasteiger partial charge < -0.3 is 9.84 Å². The van der Waals surface area contributed by atoms with Crippen molar-refractivity contribution in [3.63, 3.8) is 0 Å². The molecule has 1 aliphatic heterocycles. The zero-order valence-electron chi connectivity index (χ0n) is 11.3. The summed E-state index contributed by atoms with van der Waals surface area (Å²) in [4.78, 5) is 13.0. The first-order chi connectivity index (χ1) is 9.15. The van der Waals surface area contributed by atoms with Crippen LogP contribution in [0.15, 0.2) is 24.3 Å². The molecule has 0 spiro atoms. The van der Waals surface area contributed by atoms with Crippen molar-refractivity contribution in [2.75, 3.05) is 19.7 Å². The highest BCUT2D eigenvalue weighted by Gasteiger charge is 2.26. The van der Waals surface area contributed by atoms with Crippen molar-refractivity contribution in [3.8, 4) is 5.75 Å². The number of likely N-dealkylation sites (tertiary alicyclic amines) is 1. The van der Waals surface area contributed by atoms with Crippen molar-refractivity contribution in [3.05, 3.63) is 29.8 Å². The van der Waals surface area contributed by atoms with Crippen molar-refractivity contribution in [2.24, 2.45) is 0 Å². The SMILES string of the molecule is Cc1ccc(OCCN2CCCC2CC(=O)O)cc1. The van der Waals surface area contributed by atoms with E-state index in [1.807, 2.05) is 31.2 Å². The van der Waals surface area contributed by atoms with Crippen LogP contribution in [-0.4, -0.2) is 41.7 Å². The fraction of sp³-hybridized carbons (Fsp3) is 0.533. The van der Waals surface area contributed by atoms with Crippen molar-refractivity contribution in [1.82, 2.24) is 4.90 Å². The molecule has 0 saturated carbocycles. The van der Waals surface area contributed by atoms with E-state index < -0.39 is 5.97 Å². The van der Waals surface area contributed by atoms with Crippen molar-refractivity contribution in [1.29, 1.82) is 0 Å². The number of benzene rings is 1. The van der Waals surface area contributed by atoms with Gasteiger partial charge in [0.15, 0.2) is 0 Å². The number of carboxylic acid groups (broad SMARTS) is 1. The molecule has 0 bridgehead atoms. The summed E-state index contributed by atoms with van der Waals surface area (Å²) in [5, 5.41) is 8.86. The molecule has 0 aliphatic carbocycles. The molecule has 1 atom stereocenters. The summed E-state index contributed by atoms with van der Waals surface area (Å²) in [6.07, 6.45) is 2.31. The molecule has 1 N–H and O–H groups in total. The Morgan fingerprint density at radius 3 is 2.84 bits per heavy atom. The van der Waals surface area contributed by atoms with Gasteiger partial charge in [-0.1, -0.05) is 17.7 Å². The van der Waals surface area contributed by atoms with Gasteiger partial charge in [-0.3, -0.25) is 9.69 Å². The standard InChI is InChI=1S/C15H21NO3/c1-12-4-6-14(7-5-12)19-10-9-16-8-2-3-13(16)11-15(17)18/h4-7,13H,2-3,8-11H2,1H3,(H,17,18). The number of hydrogen-bond acceptors (Lipinski definition) is 3. The zero-order chi connectivity index (χ0) is 13.7. The molecular formula is C15H21NO3. The largest absolute Gasteiger partial charge is 0.492 e. The third-order valence-electron chi connectivity index (χ3n) is 3.58. The molecule has 19 heavy (non-hydrogen) atoms. The summed E-state index contributed by atoms with van der Waals surface area (Å²) in [5.74, 6) is 0.163. The third-order valence-corrected chi connectivity index (χ3v) is 3.58. The van der Waals surface area contributed by atoms with E-state index in [1.165, 1.54) is 5.56 Å². The lowest BCUT2D eigenvalue weighted by Gasteiger charge is -2.23. The molecule has 0 amide bonds. The van der Waals surface area contributed by atoms with Crippen LogP contribution in [0.1, 0.15) is 24.8 Å². The number of aliphatic carboxylic acids is 1. The molecule has 1 heterocycles. The monoisotopic (exact) mass is 263 g/mol. The summed E-state index contributed by atoms with van der Waals surface area (Å²) < 4.78 is 5.69. The van der Waals surface area contributed by atoms with Crippen LogP contribution >= 0.6 is 0 Å². The number of rotatable bonds is 6. The number of aryl methyl sites for hydroxylation is 1. The van der Waals surface area contributed by atoms with E-state index in [4.69, 9.17) is 9.84 Å². The molecule has 4 nitrogen and oxygen atoms in total. The van der Waals surface area contributed by atoms with Gasteiger partial charge in [0.1, 0.15) is 12.4 Å². The van der Waals surface area contributed by atoms with Gasteiger partial charge in [0.25, 0.3) is 0 Å². The Balaban J connectivity index is 1.75. The van der Waals surface area contributed by atoms with Crippen LogP contribution in [0, 0.1) is 6.92 Å². The van der Waals surface area contributed by atoms with Gasteiger partial charge in [0.2, 0.25) is 0 Å². The van der Waals surface area contributed by atoms with Gasteiger partial charge in [-0.2, -0.15) is 0 Å². The fourth-order valence-electron chi connectivity index (χ4n) is 2.54. The fourth-order valence-corrected chi connectivity index (χ4v) is 2.54. The molecule has 2 rings (SSSR count). The molecule has 0 aromatic heterocycles. The van der Waals surface area contributed by atoms with Crippen LogP contribution < -0.4 is 4.74 Å². The second kappa shape index (κ2) is 6.57. The molecule has 1 saturated heterocycles. The lowest BCUT2D eigenvalue weighted by Crippen LogP contribution is -2.34. The smallest absolute Gasteiger partial charge is 0.304 e. The Labute approximate surface area is 114 Å². The summed E-state index contributed by atoms with van der Waals surface area (Å²) in [7, 11) is 0. The highest BCUT2D eigenvalue weighted by Crippen LogP contribution is 2.20. The van der Waals surface area contributed by atoms with Crippen LogP contribution in [0.25, 0.3) is 0 Å². The Bertz CT molecular complexity index is 416. The maximum Gasteiger partial charge on any atom is 0.304 e. The van der Waals surface area contributed by atoms with Crippen molar-refractivity contribution < 1.29 is 14.6 Å². The van der Waals surface area contributed by atoms with Crippen LogP contribution in [-0.2, 0) is 4.79 Å². The predicted octanol–water partition coefficient (Wildman–Crippen LogP) is 2.31. The van der Waals surface area contributed by atoms with Crippen molar-refractivity contribution in [2.45, 2.75) is 32.2 Å². The molecular weight excluding hydrogens is 242 g/mol. The van der Waals surface area contributed by atoms with E-state index in [-0.39, 0.29) is 12.5 Å². The summed E-state index contributed by atoms with van der Waals surface area (Å²) in [5.41, 5.74) is 1.22. The predicted molar refractivity (Wildman–Crippen MR) is 73.5 cm³/mol. The Morgan fingerprint density at radius 1 is 1.42 bits per heavy atom. The third kappa shape index (κ3) is 4.24. The van der Waals surface area contributed by atoms with E-state index >= 15 is 0 Å². The summed E-state index contributed by atoms with van der Waals surface area (Å²) in [6, 6.07) is 8.16. The Hall–Kier alpha value is -1.55. The van der Waals surface area contributed by atoms with Crippen LogP contribution in [0.2, 0.25) is 0 Å². The first-order valence-corrected chi connectivity index (χ1v) is 6.80. The summed E-state index contributed by atoms with van der Waals surface area (Å²) >= 11 is 0. The van der Waals surface area contributed by atoms with Crippen LogP contribution in [0.4, 0.5) is 0 Å². The van der Waals surface area contributed by atoms with Gasteiger partial charge in [-0.05, 0) is 38.4 Å². The maximum atomic E-state index is 10.8. The van der Waals surface area contributed by atoms with Gasteiger partial charge >= 0.3 is 5.97 Å². The molecule has 1 unspecified atom stereocenters. The molecule has 104 valence electrons. The molecule has 1 aromatic carbocycles. The first-order valence-electron chi connectivity index (χ1n) is 6.80. The van der Waals surface area contributed by atoms with Gasteiger partial charge in [-0.15, -0.1) is 0 Å². The Morgan fingerprint density at radius 2 is 2.16 bits per heavy atom. The first kappa shape index (κ1) is 13.9. The number of nitrogens with zero attached hydrogens (tertiary/aromatic N) is 1. The lowest BCUT2D eigenvalue weighted by atomic mass is 10.1. The summed E-state index contributed by atoms with van der Waals surface area (Å²) in [6.45, 7) is 4.44. The molecule has 0 radical (unpaired) electrons. The normalized spacial score (nSPS) is 19.5. The minimum atomic E-state index is -0.712. The zero-order valence-corrected chi connectivity index (χ0v) is 11.3. The average molecular weight is 263 g/mol. The average Bonchev–Trinajstić information content (AvgIpc) is 2.78. The molecule has 1 fully saturated rings. The second-order valence-electron chi connectivity index (χ2n) is 5.09. The highest BCUT2D eigenvalue weighted by atomic mass is 16.5. The molecule has 1 aliphatic rings. The van der Waals surface area contributed by atoms with Crippen LogP contribution in [0.5, 0.6) is 5.75 Å². The Kier molecular flexibility index (Phi) is 4.80. The highest BCUT2D eigenvalue weighted by molar-refractivity contribution is 5.67. The van der Waals surface area contributed by atoms with E-state index in [2.05, 4.69) is 4.90 Å². The second-order valence-corrected chi connectivity index (χ2v) is 5.09. The van der Waals surface area contributed by atoms with Crippen molar-refractivity contribution >= 4 is 5.97 Å². The maximum absolute atomic E-state index is 10.8. The number of carbonyl (C=O) groups is 1. The minimum absolute atomic E-state index is 0.180. The topological polar surface area (TPSA) is 49.8 Å². The van der Waals surface area contributed by atoms with Gasteiger partial charge in [-0.25, -0.2) is 0 Å². The van der Waals surface area contributed by atoms with E-state index in [1.54, 1.807) is 0 Å². The van der Waals surface area contributed by atoms with E-state index in [9.17, 15) is 4.79 Å². The number of hydrogen-bond donors (Lipinski definition) is 1. The minimum Gasteiger partial charge on any atom is -0.492 e. The molecule has 1 aromatic rings. The van der Waals surface area contributed by atoms with Gasteiger partial charge in [0, 0.05) is 12.6 Å². The quantitative estimate of drug-likeness (QED) is 0.855.